The highest BCUT2D eigenvalue weighted by molar-refractivity contribution is 5.92. The molecule has 102 valence electrons. The maximum absolute atomic E-state index is 11.9. The smallest absolute Gasteiger partial charge is 0.407 e. The summed E-state index contributed by atoms with van der Waals surface area (Å²) >= 11 is 0. The van der Waals surface area contributed by atoms with Crippen molar-refractivity contribution in [1.82, 2.24) is 10.2 Å². The van der Waals surface area contributed by atoms with Crippen molar-refractivity contribution >= 4 is 17.8 Å². The normalized spacial score (nSPS) is 19.8. The van der Waals surface area contributed by atoms with E-state index in [0.717, 1.165) is 4.90 Å². The fraction of sp³-hybridized carbons (Fsp3) is 0.700. The molecule has 2 atom stereocenters. The van der Waals surface area contributed by atoms with Crippen molar-refractivity contribution in [3.8, 4) is 0 Å². The average Bonchev–Trinajstić information content (AvgIpc) is 2.21. The number of rotatable bonds is 6. The van der Waals surface area contributed by atoms with Crippen LogP contribution in [0.2, 0.25) is 0 Å². The maximum Gasteiger partial charge on any atom is 0.407 e. The third-order valence-electron chi connectivity index (χ3n) is 2.97. The lowest BCUT2D eigenvalue weighted by molar-refractivity contribution is -0.128. The summed E-state index contributed by atoms with van der Waals surface area (Å²) in [5.41, 5.74) is 10.8. The van der Waals surface area contributed by atoms with E-state index in [0.29, 0.717) is 32.4 Å². The Morgan fingerprint density at radius 1 is 1.56 bits per heavy atom. The van der Waals surface area contributed by atoms with Crippen molar-refractivity contribution in [2.75, 3.05) is 13.1 Å². The third kappa shape index (κ3) is 3.59. The molecule has 0 aromatic rings. The summed E-state index contributed by atoms with van der Waals surface area (Å²) in [6, 6.07) is -1.25. The lowest BCUT2D eigenvalue weighted by atomic mass is 9.93. The molecule has 0 spiro atoms. The minimum Gasteiger partial charge on any atom is -0.465 e. The highest BCUT2D eigenvalue weighted by Gasteiger charge is 2.39. The van der Waals surface area contributed by atoms with Gasteiger partial charge in [-0.25, -0.2) is 4.79 Å². The van der Waals surface area contributed by atoms with Crippen molar-refractivity contribution in [1.29, 1.82) is 5.41 Å². The van der Waals surface area contributed by atoms with Gasteiger partial charge in [-0.2, -0.15) is 0 Å². The molecule has 1 saturated heterocycles. The predicted molar refractivity (Wildman–Crippen MR) is 65.3 cm³/mol. The molecule has 0 saturated carbocycles. The SMILES string of the molecule is N=C(N)NCCC[C@H](N)C(=O)C1CCN1C(=O)O. The number of carbonyl (C=O) groups is 2. The van der Waals surface area contributed by atoms with Gasteiger partial charge in [0, 0.05) is 13.1 Å². The second kappa shape index (κ2) is 6.20. The number of nitrogens with zero attached hydrogens (tertiary/aromatic N) is 1. The molecule has 0 aromatic carbocycles. The van der Waals surface area contributed by atoms with E-state index in [1.54, 1.807) is 0 Å². The lowest BCUT2D eigenvalue weighted by Gasteiger charge is -2.38. The number of carboxylic acid groups (broad SMARTS) is 1. The zero-order chi connectivity index (χ0) is 13.7. The van der Waals surface area contributed by atoms with Crippen LogP contribution in [0.5, 0.6) is 0 Å². The first-order chi connectivity index (χ1) is 8.43. The summed E-state index contributed by atoms with van der Waals surface area (Å²) in [6.07, 6.45) is 0.518. The maximum atomic E-state index is 11.9. The van der Waals surface area contributed by atoms with Crippen molar-refractivity contribution < 1.29 is 14.7 Å². The number of nitrogens with one attached hydrogen (secondary N) is 2. The highest BCUT2D eigenvalue weighted by Crippen LogP contribution is 2.19. The number of likely N-dealkylation sites (tertiary alicyclic amines) is 1. The van der Waals surface area contributed by atoms with Gasteiger partial charge in [-0.3, -0.25) is 15.1 Å². The molecule has 1 aliphatic rings. The Morgan fingerprint density at radius 3 is 2.67 bits per heavy atom. The topological polar surface area (TPSA) is 146 Å². The lowest BCUT2D eigenvalue weighted by Crippen LogP contribution is -2.58. The van der Waals surface area contributed by atoms with E-state index in [1.165, 1.54) is 0 Å². The van der Waals surface area contributed by atoms with Crippen LogP contribution in [0.15, 0.2) is 0 Å². The second-order valence-electron chi connectivity index (χ2n) is 4.27. The van der Waals surface area contributed by atoms with Crippen molar-refractivity contribution in [2.45, 2.75) is 31.3 Å². The molecule has 1 unspecified atom stereocenters. The summed E-state index contributed by atoms with van der Waals surface area (Å²) in [5.74, 6) is -0.350. The van der Waals surface area contributed by atoms with Gasteiger partial charge < -0.3 is 21.9 Å². The van der Waals surface area contributed by atoms with Crippen LogP contribution in [-0.2, 0) is 4.79 Å². The van der Waals surface area contributed by atoms with E-state index in [4.69, 9.17) is 22.0 Å². The number of hydrogen-bond donors (Lipinski definition) is 5. The standard InChI is InChI=1S/C10H19N5O3/c11-6(2-1-4-14-9(12)13)8(16)7-3-5-15(7)10(17)18/h6-7H,1-5,11H2,(H,17,18)(H4,12,13,14)/t6-,7?/m0/s1. The van der Waals surface area contributed by atoms with Gasteiger partial charge in [0.15, 0.2) is 11.7 Å². The summed E-state index contributed by atoms with van der Waals surface area (Å²) in [4.78, 5) is 23.7. The Labute approximate surface area is 105 Å². The Hall–Kier alpha value is -1.83. The van der Waals surface area contributed by atoms with E-state index in [2.05, 4.69) is 5.32 Å². The highest BCUT2D eigenvalue weighted by atomic mass is 16.4. The van der Waals surface area contributed by atoms with Gasteiger partial charge in [-0.1, -0.05) is 0 Å². The fourth-order valence-corrected chi connectivity index (χ4v) is 1.85. The van der Waals surface area contributed by atoms with Crippen LogP contribution in [0.3, 0.4) is 0 Å². The number of hydrogen-bond acceptors (Lipinski definition) is 4. The predicted octanol–water partition coefficient (Wildman–Crippen LogP) is -1.10. The van der Waals surface area contributed by atoms with Gasteiger partial charge in [0.05, 0.1) is 12.1 Å². The van der Waals surface area contributed by atoms with Crippen molar-refractivity contribution in [3.63, 3.8) is 0 Å². The average molecular weight is 257 g/mol. The molecule has 1 heterocycles. The van der Waals surface area contributed by atoms with E-state index < -0.39 is 18.2 Å². The van der Waals surface area contributed by atoms with Gasteiger partial charge in [0.25, 0.3) is 0 Å². The minimum atomic E-state index is -1.08. The Bertz CT molecular complexity index is 346. The molecule has 18 heavy (non-hydrogen) atoms. The Morgan fingerprint density at radius 2 is 2.22 bits per heavy atom. The first kappa shape index (κ1) is 14.2. The number of nitrogens with two attached hydrogens (primary N) is 2. The second-order valence-corrected chi connectivity index (χ2v) is 4.27. The molecular weight excluding hydrogens is 238 g/mol. The number of Topliss-reactive ketones (excluding diaryl/α,β-unsaturated/α-hetero) is 1. The Kier molecular flexibility index (Phi) is 4.90. The summed E-state index contributed by atoms with van der Waals surface area (Å²) < 4.78 is 0. The van der Waals surface area contributed by atoms with Gasteiger partial charge in [-0.05, 0) is 19.3 Å². The first-order valence-corrected chi connectivity index (χ1v) is 5.80. The van der Waals surface area contributed by atoms with Crippen LogP contribution in [0.25, 0.3) is 0 Å². The molecule has 8 heteroatoms. The quantitative estimate of drug-likeness (QED) is 0.232. The third-order valence-corrected chi connectivity index (χ3v) is 2.97. The van der Waals surface area contributed by atoms with E-state index >= 15 is 0 Å². The summed E-state index contributed by atoms with van der Waals surface area (Å²) in [7, 11) is 0. The van der Waals surface area contributed by atoms with Crippen LogP contribution in [0, 0.1) is 5.41 Å². The molecule has 1 rings (SSSR count). The van der Waals surface area contributed by atoms with E-state index in [1.807, 2.05) is 0 Å². The van der Waals surface area contributed by atoms with Crippen molar-refractivity contribution in [2.24, 2.45) is 11.5 Å². The molecule has 0 radical (unpaired) electrons. The van der Waals surface area contributed by atoms with Crippen LogP contribution >= 0.6 is 0 Å². The molecular formula is C10H19N5O3. The number of amides is 1. The minimum absolute atomic E-state index is 0.119. The molecule has 1 amide bonds. The van der Waals surface area contributed by atoms with Crippen LogP contribution in [-0.4, -0.2) is 53.0 Å². The van der Waals surface area contributed by atoms with Gasteiger partial charge in [0.2, 0.25) is 0 Å². The monoisotopic (exact) mass is 257 g/mol. The van der Waals surface area contributed by atoms with E-state index in [9.17, 15) is 9.59 Å². The number of carbonyl (C=O) groups excluding carboxylic acids is 1. The first-order valence-electron chi connectivity index (χ1n) is 5.80. The van der Waals surface area contributed by atoms with Gasteiger partial charge in [-0.15, -0.1) is 0 Å². The van der Waals surface area contributed by atoms with Crippen molar-refractivity contribution in [3.05, 3.63) is 0 Å². The number of guanidine groups is 1. The molecule has 0 bridgehead atoms. The molecule has 1 aliphatic heterocycles. The molecule has 0 aliphatic carbocycles. The fourth-order valence-electron chi connectivity index (χ4n) is 1.85. The van der Waals surface area contributed by atoms with Crippen LogP contribution in [0.1, 0.15) is 19.3 Å². The number of ketones is 1. The largest absolute Gasteiger partial charge is 0.465 e. The Balaban J connectivity index is 2.29. The zero-order valence-corrected chi connectivity index (χ0v) is 10.1. The summed E-state index contributed by atoms with van der Waals surface area (Å²) in [6.45, 7) is 0.869. The molecule has 8 nitrogen and oxygen atoms in total. The molecule has 1 fully saturated rings. The zero-order valence-electron chi connectivity index (χ0n) is 10.1. The van der Waals surface area contributed by atoms with Gasteiger partial charge in [0.1, 0.15) is 0 Å². The molecule has 7 N–H and O–H groups in total. The van der Waals surface area contributed by atoms with Crippen LogP contribution < -0.4 is 16.8 Å². The van der Waals surface area contributed by atoms with E-state index in [-0.39, 0.29) is 11.7 Å². The van der Waals surface area contributed by atoms with Crippen LogP contribution in [0.4, 0.5) is 4.79 Å². The van der Waals surface area contributed by atoms with Gasteiger partial charge >= 0.3 is 6.09 Å². The summed E-state index contributed by atoms with van der Waals surface area (Å²) in [5, 5.41) is 18.4. The molecule has 0 aromatic heterocycles.